The van der Waals surface area contributed by atoms with Crippen molar-refractivity contribution in [1.82, 2.24) is 4.98 Å². The lowest BCUT2D eigenvalue weighted by Crippen LogP contribution is -2.54. The number of rotatable bonds is 1. The van der Waals surface area contributed by atoms with Crippen LogP contribution in [0.4, 0.5) is 0 Å². The van der Waals surface area contributed by atoms with Crippen LogP contribution in [0, 0.1) is 29.1 Å². The molecule has 2 aromatic heterocycles. The minimum atomic E-state index is -0.0570. The highest BCUT2D eigenvalue weighted by molar-refractivity contribution is 5.54. The van der Waals surface area contributed by atoms with Crippen LogP contribution < -0.4 is 0 Å². The van der Waals surface area contributed by atoms with Crippen molar-refractivity contribution < 1.29 is 9.52 Å². The number of fused-ring (bicyclic) bond motifs is 7. The third-order valence-electron chi connectivity index (χ3n) is 9.76. The topological polar surface area (TPSA) is 46.3 Å². The Kier molecular flexibility index (Phi) is 3.89. The van der Waals surface area contributed by atoms with Crippen LogP contribution in [0.1, 0.15) is 70.1 Å². The Bertz CT molecular complexity index is 921. The van der Waals surface area contributed by atoms with Gasteiger partial charge in [0.25, 0.3) is 0 Å². The van der Waals surface area contributed by atoms with Gasteiger partial charge in [-0.15, -0.1) is 0 Å². The highest BCUT2D eigenvalue weighted by Crippen LogP contribution is 2.65. The molecule has 1 N–H and O–H groups in total. The molecular formula is C26H33NO2. The second-order valence-electron chi connectivity index (χ2n) is 10.9. The zero-order valence-corrected chi connectivity index (χ0v) is 17.7. The lowest BCUT2D eigenvalue weighted by Gasteiger charge is -2.60. The maximum Gasteiger partial charge on any atom is 0.152 e. The Morgan fingerprint density at radius 3 is 2.76 bits per heavy atom. The van der Waals surface area contributed by atoms with E-state index >= 15 is 0 Å². The van der Waals surface area contributed by atoms with Crippen LogP contribution >= 0.6 is 0 Å². The zero-order valence-electron chi connectivity index (χ0n) is 17.7. The van der Waals surface area contributed by atoms with Gasteiger partial charge in [-0.3, -0.25) is 0 Å². The van der Waals surface area contributed by atoms with Crippen molar-refractivity contribution in [3.63, 3.8) is 0 Å². The summed E-state index contributed by atoms with van der Waals surface area (Å²) in [7, 11) is 0. The molecule has 7 atom stereocenters. The number of aliphatic hydroxyl groups is 1. The Hall–Kier alpha value is -1.61. The van der Waals surface area contributed by atoms with Crippen molar-refractivity contribution in [2.45, 2.75) is 76.7 Å². The average Bonchev–Trinajstić information content (AvgIpc) is 3.34. The molecule has 154 valence electrons. The van der Waals surface area contributed by atoms with Gasteiger partial charge in [-0.1, -0.05) is 19.9 Å². The van der Waals surface area contributed by atoms with Crippen molar-refractivity contribution in [2.24, 2.45) is 29.1 Å². The molecule has 3 unspecified atom stereocenters. The molecule has 3 heteroatoms. The van der Waals surface area contributed by atoms with E-state index in [0.29, 0.717) is 5.41 Å². The molecule has 0 spiro atoms. The van der Waals surface area contributed by atoms with E-state index in [1.54, 1.807) is 6.26 Å². The Morgan fingerprint density at radius 2 is 1.93 bits per heavy atom. The van der Waals surface area contributed by atoms with E-state index < -0.39 is 0 Å². The van der Waals surface area contributed by atoms with E-state index in [2.05, 4.69) is 26.0 Å². The van der Waals surface area contributed by atoms with E-state index in [0.717, 1.165) is 48.0 Å². The SMILES string of the molecule is C[C@]12CCC3C(CC[C@H]4C[C@@H](O)CC[C@]34C)C1Cc1ccc(-c3ccco3)nc12. The van der Waals surface area contributed by atoms with Crippen LogP contribution in [-0.2, 0) is 11.8 Å². The molecule has 4 aliphatic carbocycles. The van der Waals surface area contributed by atoms with Gasteiger partial charge in [0.05, 0.1) is 18.1 Å². The molecule has 0 amide bonds. The lowest BCUT2D eigenvalue weighted by atomic mass is 9.45. The first-order chi connectivity index (χ1) is 14.0. The Labute approximate surface area is 173 Å². The predicted octanol–water partition coefficient (Wildman–Crippen LogP) is 5.76. The number of pyridine rings is 1. The number of hydrogen-bond donors (Lipinski definition) is 1. The van der Waals surface area contributed by atoms with E-state index in [1.165, 1.54) is 49.8 Å². The minimum Gasteiger partial charge on any atom is -0.463 e. The van der Waals surface area contributed by atoms with E-state index in [9.17, 15) is 5.11 Å². The van der Waals surface area contributed by atoms with Gasteiger partial charge >= 0.3 is 0 Å². The molecule has 4 aliphatic rings. The number of aliphatic hydroxyl groups excluding tert-OH is 1. The van der Waals surface area contributed by atoms with Gasteiger partial charge in [0.1, 0.15) is 5.69 Å². The van der Waals surface area contributed by atoms with Gasteiger partial charge < -0.3 is 9.52 Å². The summed E-state index contributed by atoms with van der Waals surface area (Å²) in [6, 6.07) is 8.43. The Morgan fingerprint density at radius 1 is 1.03 bits per heavy atom. The second-order valence-corrected chi connectivity index (χ2v) is 10.9. The summed E-state index contributed by atoms with van der Waals surface area (Å²) in [4.78, 5) is 5.17. The highest BCUT2D eigenvalue weighted by atomic mass is 16.3. The summed E-state index contributed by atoms with van der Waals surface area (Å²) in [5, 5.41) is 10.3. The maximum absolute atomic E-state index is 10.3. The van der Waals surface area contributed by atoms with Crippen LogP contribution in [0.2, 0.25) is 0 Å². The molecule has 3 saturated carbocycles. The van der Waals surface area contributed by atoms with Crippen molar-refractivity contribution in [3.8, 4) is 11.5 Å². The normalized spacial score (nSPS) is 43.2. The molecule has 3 fully saturated rings. The van der Waals surface area contributed by atoms with Crippen LogP contribution in [0.5, 0.6) is 0 Å². The summed E-state index contributed by atoms with van der Waals surface area (Å²) in [5.41, 5.74) is 4.44. The molecule has 29 heavy (non-hydrogen) atoms. The summed E-state index contributed by atoms with van der Waals surface area (Å²) in [6.45, 7) is 5.07. The molecule has 0 bridgehead atoms. The fourth-order valence-corrected chi connectivity index (χ4v) is 8.17. The standard InChI is InChI=1S/C26H33NO2/c1-25-11-9-18(28)15-17(25)6-7-19-20(25)10-12-26(2)21(19)14-16-5-8-22(27-24(16)26)23-4-3-13-29-23/h3-5,8,13,17-21,28H,6-7,9-12,14-15H2,1-2H3/t17-,18-,19?,20?,21?,25-,26-/m0/s1. The number of hydrogen-bond acceptors (Lipinski definition) is 3. The van der Waals surface area contributed by atoms with Crippen molar-refractivity contribution in [2.75, 3.05) is 0 Å². The third kappa shape index (κ3) is 2.49. The highest BCUT2D eigenvalue weighted by Gasteiger charge is 2.59. The zero-order chi connectivity index (χ0) is 19.8. The summed E-state index contributed by atoms with van der Waals surface area (Å²) in [6.07, 6.45) is 11.4. The van der Waals surface area contributed by atoms with Gasteiger partial charge in [0.15, 0.2) is 5.76 Å². The molecule has 2 heterocycles. The first kappa shape index (κ1) is 18.2. The maximum atomic E-state index is 10.3. The molecule has 0 radical (unpaired) electrons. The second kappa shape index (κ2) is 6.20. The smallest absolute Gasteiger partial charge is 0.152 e. The fourth-order valence-electron chi connectivity index (χ4n) is 8.17. The van der Waals surface area contributed by atoms with Gasteiger partial charge in [0, 0.05) is 5.41 Å². The van der Waals surface area contributed by atoms with Gasteiger partial charge in [-0.2, -0.15) is 0 Å². The first-order valence-corrected chi connectivity index (χ1v) is 11.7. The molecule has 3 nitrogen and oxygen atoms in total. The van der Waals surface area contributed by atoms with E-state index in [1.807, 2.05) is 12.1 Å². The van der Waals surface area contributed by atoms with Crippen LogP contribution in [0.15, 0.2) is 34.9 Å². The third-order valence-corrected chi connectivity index (χ3v) is 9.76. The lowest BCUT2D eigenvalue weighted by molar-refractivity contribution is -0.111. The molecule has 2 aromatic rings. The summed E-state index contributed by atoms with van der Waals surface area (Å²) in [5.74, 6) is 3.96. The Balaban J connectivity index is 1.35. The minimum absolute atomic E-state index is 0.0570. The van der Waals surface area contributed by atoms with Gasteiger partial charge in [0.2, 0.25) is 0 Å². The van der Waals surface area contributed by atoms with Crippen molar-refractivity contribution in [3.05, 3.63) is 41.8 Å². The molecule has 6 rings (SSSR count). The van der Waals surface area contributed by atoms with Crippen molar-refractivity contribution in [1.29, 1.82) is 0 Å². The number of furan rings is 1. The fraction of sp³-hybridized carbons (Fsp3) is 0.654. The van der Waals surface area contributed by atoms with Crippen LogP contribution in [0.25, 0.3) is 11.5 Å². The predicted molar refractivity (Wildman–Crippen MR) is 113 cm³/mol. The molecule has 0 aliphatic heterocycles. The first-order valence-electron chi connectivity index (χ1n) is 11.7. The van der Waals surface area contributed by atoms with Crippen LogP contribution in [-0.4, -0.2) is 16.2 Å². The summed E-state index contributed by atoms with van der Waals surface area (Å²) >= 11 is 0. The van der Waals surface area contributed by atoms with Crippen molar-refractivity contribution >= 4 is 0 Å². The largest absolute Gasteiger partial charge is 0.463 e. The monoisotopic (exact) mass is 391 g/mol. The van der Waals surface area contributed by atoms with Gasteiger partial charge in [-0.25, -0.2) is 4.98 Å². The molecule has 0 saturated heterocycles. The molecular weight excluding hydrogens is 358 g/mol. The van der Waals surface area contributed by atoms with E-state index in [4.69, 9.17) is 9.40 Å². The average molecular weight is 392 g/mol. The number of aromatic nitrogens is 1. The van der Waals surface area contributed by atoms with E-state index in [-0.39, 0.29) is 11.5 Å². The molecule has 0 aromatic carbocycles. The summed E-state index contributed by atoms with van der Waals surface area (Å²) < 4.78 is 5.63. The quantitative estimate of drug-likeness (QED) is 0.672. The van der Waals surface area contributed by atoms with Gasteiger partial charge in [-0.05, 0) is 104 Å². The number of nitrogens with zero attached hydrogens (tertiary/aromatic N) is 1. The van der Waals surface area contributed by atoms with Crippen LogP contribution in [0.3, 0.4) is 0 Å².